The van der Waals surface area contributed by atoms with E-state index < -0.39 is 5.60 Å². The van der Waals surface area contributed by atoms with Crippen LogP contribution in [0.4, 0.5) is 4.79 Å². The molecule has 2 aliphatic rings. The van der Waals surface area contributed by atoms with Crippen LogP contribution < -0.4 is 0 Å². The Balaban J connectivity index is 1.31. The molecule has 0 unspecified atom stereocenters. The summed E-state index contributed by atoms with van der Waals surface area (Å²) in [4.78, 5) is 19.5. The summed E-state index contributed by atoms with van der Waals surface area (Å²) in [6, 6.07) is 4.03. The van der Waals surface area contributed by atoms with Crippen LogP contribution in [0.5, 0.6) is 0 Å². The monoisotopic (exact) mass is 422 g/mol. The number of rotatable bonds is 8. The molecule has 0 radical (unpaired) electrons. The fraction of sp³-hybridized carbons (Fsp3) is 0.727. The molecule has 1 saturated heterocycles. The van der Waals surface area contributed by atoms with E-state index >= 15 is 0 Å². The van der Waals surface area contributed by atoms with Gasteiger partial charge >= 0.3 is 6.09 Å². The number of ether oxygens (including phenoxy) is 2. The smallest absolute Gasteiger partial charge is 0.410 e. The maximum Gasteiger partial charge on any atom is 0.410 e. The van der Waals surface area contributed by atoms with Crippen molar-refractivity contribution < 1.29 is 19.4 Å². The molecule has 7 heteroatoms. The molecule has 2 atom stereocenters. The van der Waals surface area contributed by atoms with Gasteiger partial charge < -0.3 is 19.5 Å². The molecule has 162 valence electrons. The molecule has 0 spiro atoms. The first kappa shape index (κ1) is 22.4. The second-order valence-electron chi connectivity index (χ2n) is 9.04. The SMILES string of the molecule is CC(C)(C)OC(=O)N1CCC([C@H]2C[C@H]2COCc2ccc(SCCO)cn2)CC1. The van der Waals surface area contributed by atoms with Gasteiger partial charge in [-0.3, -0.25) is 4.98 Å². The molecule has 2 heterocycles. The molecule has 1 N–H and O–H groups in total. The largest absolute Gasteiger partial charge is 0.444 e. The van der Waals surface area contributed by atoms with Crippen LogP contribution in [0, 0.1) is 17.8 Å². The van der Waals surface area contributed by atoms with Crippen LogP contribution in [0.3, 0.4) is 0 Å². The summed E-state index contributed by atoms with van der Waals surface area (Å²) in [6.07, 6.45) is 5.03. The summed E-state index contributed by atoms with van der Waals surface area (Å²) in [5.41, 5.74) is 0.515. The molecular weight excluding hydrogens is 388 g/mol. The van der Waals surface area contributed by atoms with Gasteiger partial charge in [-0.1, -0.05) is 0 Å². The lowest BCUT2D eigenvalue weighted by Gasteiger charge is -2.33. The second-order valence-corrected chi connectivity index (χ2v) is 10.2. The molecule has 1 aromatic heterocycles. The molecule has 6 nitrogen and oxygen atoms in total. The van der Waals surface area contributed by atoms with Gasteiger partial charge in [0.2, 0.25) is 0 Å². The summed E-state index contributed by atoms with van der Waals surface area (Å²) in [7, 11) is 0. The zero-order chi connectivity index (χ0) is 20.9. The third-order valence-corrected chi connectivity index (χ3v) is 6.48. The first-order valence-electron chi connectivity index (χ1n) is 10.6. The predicted octanol–water partition coefficient (Wildman–Crippen LogP) is 3.97. The van der Waals surface area contributed by atoms with Crippen molar-refractivity contribution in [3.8, 4) is 0 Å². The van der Waals surface area contributed by atoms with Crippen LogP contribution in [0.25, 0.3) is 0 Å². The van der Waals surface area contributed by atoms with Crippen LogP contribution in [-0.4, -0.2) is 58.7 Å². The molecule has 1 aliphatic heterocycles. The quantitative estimate of drug-likeness (QED) is 0.639. The van der Waals surface area contributed by atoms with Gasteiger partial charge in [0.15, 0.2) is 0 Å². The Bertz CT molecular complexity index is 654. The van der Waals surface area contributed by atoms with E-state index in [1.54, 1.807) is 11.8 Å². The first-order chi connectivity index (χ1) is 13.9. The number of aliphatic hydroxyl groups is 1. The average Bonchev–Trinajstić information content (AvgIpc) is 3.46. The van der Waals surface area contributed by atoms with Crippen molar-refractivity contribution in [2.75, 3.05) is 32.1 Å². The summed E-state index contributed by atoms with van der Waals surface area (Å²) >= 11 is 1.60. The number of piperidine rings is 1. The molecule has 0 bridgehead atoms. The lowest BCUT2D eigenvalue weighted by atomic mass is 9.91. The molecule has 1 aliphatic carbocycles. The number of thioether (sulfide) groups is 1. The molecule has 3 rings (SSSR count). The van der Waals surface area contributed by atoms with Gasteiger partial charge in [0.05, 0.1) is 25.5 Å². The maximum absolute atomic E-state index is 12.2. The number of aliphatic hydroxyl groups excluding tert-OH is 1. The minimum atomic E-state index is -0.430. The van der Waals surface area contributed by atoms with Crippen LogP contribution >= 0.6 is 11.8 Å². The number of amides is 1. The molecule has 0 aromatic carbocycles. The van der Waals surface area contributed by atoms with Gasteiger partial charge in [-0.25, -0.2) is 4.79 Å². The zero-order valence-electron chi connectivity index (χ0n) is 17.8. The zero-order valence-corrected chi connectivity index (χ0v) is 18.6. The maximum atomic E-state index is 12.2. The normalized spacial score (nSPS) is 22.6. The lowest BCUT2D eigenvalue weighted by Crippen LogP contribution is -2.42. The Kier molecular flexibility index (Phi) is 7.82. The minimum Gasteiger partial charge on any atom is -0.444 e. The van der Waals surface area contributed by atoms with Crippen molar-refractivity contribution in [1.29, 1.82) is 0 Å². The van der Waals surface area contributed by atoms with Gasteiger partial charge in [-0.05, 0) is 69.9 Å². The molecule has 1 saturated carbocycles. The highest BCUT2D eigenvalue weighted by molar-refractivity contribution is 7.99. The number of aromatic nitrogens is 1. The highest BCUT2D eigenvalue weighted by Gasteiger charge is 2.44. The Labute approximate surface area is 178 Å². The molecule has 2 fully saturated rings. The lowest BCUT2D eigenvalue weighted by molar-refractivity contribution is 0.0170. The van der Waals surface area contributed by atoms with Gasteiger partial charge in [-0.15, -0.1) is 11.8 Å². The van der Waals surface area contributed by atoms with Crippen molar-refractivity contribution >= 4 is 17.9 Å². The summed E-state index contributed by atoms with van der Waals surface area (Å²) < 4.78 is 11.4. The third kappa shape index (κ3) is 7.15. The average molecular weight is 423 g/mol. The van der Waals surface area contributed by atoms with Crippen molar-refractivity contribution in [3.63, 3.8) is 0 Å². The Morgan fingerprint density at radius 3 is 2.69 bits per heavy atom. The van der Waals surface area contributed by atoms with E-state index in [2.05, 4.69) is 4.98 Å². The second kappa shape index (κ2) is 10.1. The number of hydrogen-bond acceptors (Lipinski definition) is 6. The third-order valence-electron chi connectivity index (χ3n) is 5.51. The Morgan fingerprint density at radius 1 is 1.31 bits per heavy atom. The van der Waals surface area contributed by atoms with Gasteiger partial charge in [0, 0.05) is 29.9 Å². The van der Waals surface area contributed by atoms with E-state index in [1.807, 2.05) is 44.0 Å². The number of nitrogens with zero attached hydrogens (tertiary/aromatic N) is 2. The highest BCUT2D eigenvalue weighted by atomic mass is 32.2. The molecule has 1 amide bonds. The van der Waals surface area contributed by atoms with Crippen LogP contribution in [0.15, 0.2) is 23.2 Å². The topological polar surface area (TPSA) is 71.9 Å². The predicted molar refractivity (Wildman–Crippen MR) is 114 cm³/mol. The summed E-state index contributed by atoms with van der Waals surface area (Å²) in [6.45, 7) is 8.84. The van der Waals surface area contributed by atoms with Crippen molar-refractivity contribution in [1.82, 2.24) is 9.88 Å². The number of carbonyl (C=O) groups is 1. The van der Waals surface area contributed by atoms with Crippen molar-refractivity contribution in [2.24, 2.45) is 17.8 Å². The van der Waals surface area contributed by atoms with Crippen molar-refractivity contribution in [3.05, 3.63) is 24.0 Å². The van der Waals surface area contributed by atoms with Gasteiger partial charge in [0.1, 0.15) is 5.60 Å². The van der Waals surface area contributed by atoms with E-state index in [0.717, 1.165) is 49.0 Å². The fourth-order valence-electron chi connectivity index (χ4n) is 3.94. The molecule has 29 heavy (non-hydrogen) atoms. The standard InChI is InChI=1S/C22H34N2O4S/c1-22(2,3)28-21(26)24-8-6-16(7-9-24)20-12-17(20)14-27-15-18-4-5-19(13-23-18)29-11-10-25/h4-5,13,16-17,20,25H,6-12,14-15H2,1-3H3/t17-,20+/m0/s1. The van der Waals surface area contributed by atoms with Crippen LogP contribution in [0.2, 0.25) is 0 Å². The van der Waals surface area contributed by atoms with E-state index in [0.29, 0.717) is 24.2 Å². The number of pyridine rings is 1. The van der Waals surface area contributed by atoms with E-state index in [4.69, 9.17) is 14.6 Å². The van der Waals surface area contributed by atoms with Crippen LogP contribution in [-0.2, 0) is 16.1 Å². The van der Waals surface area contributed by atoms with E-state index in [9.17, 15) is 4.79 Å². The fourth-order valence-corrected chi connectivity index (χ4v) is 4.56. The van der Waals surface area contributed by atoms with Gasteiger partial charge in [0.25, 0.3) is 0 Å². The molecular formula is C22H34N2O4S. The number of hydrogen-bond donors (Lipinski definition) is 1. The number of likely N-dealkylation sites (tertiary alicyclic amines) is 1. The summed E-state index contributed by atoms with van der Waals surface area (Å²) in [5.74, 6) is 2.77. The highest BCUT2D eigenvalue weighted by Crippen LogP contribution is 2.48. The Hall–Kier alpha value is -1.31. The Morgan fingerprint density at radius 2 is 2.07 bits per heavy atom. The van der Waals surface area contributed by atoms with E-state index in [1.165, 1.54) is 6.42 Å². The summed E-state index contributed by atoms with van der Waals surface area (Å²) in [5, 5.41) is 8.87. The van der Waals surface area contributed by atoms with Gasteiger partial charge in [-0.2, -0.15) is 0 Å². The number of carbonyl (C=O) groups excluding carboxylic acids is 1. The minimum absolute atomic E-state index is 0.179. The molecule has 1 aromatic rings. The van der Waals surface area contributed by atoms with Crippen LogP contribution in [0.1, 0.15) is 45.7 Å². The van der Waals surface area contributed by atoms with E-state index in [-0.39, 0.29) is 12.7 Å². The van der Waals surface area contributed by atoms with Crippen molar-refractivity contribution in [2.45, 2.75) is 57.1 Å². The first-order valence-corrected chi connectivity index (χ1v) is 11.6.